The van der Waals surface area contributed by atoms with Gasteiger partial charge in [0.1, 0.15) is 5.75 Å². The molecule has 2 aromatic carbocycles. The molecule has 4 rings (SSSR count). The summed E-state index contributed by atoms with van der Waals surface area (Å²) < 4.78 is 5.81. The zero-order valence-electron chi connectivity index (χ0n) is 15.2. The van der Waals surface area contributed by atoms with Gasteiger partial charge in [-0.25, -0.2) is 0 Å². The molecule has 0 spiro atoms. The Morgan fingerprint density at radius 1 is 1.19 bits per heavy atom. The standard InChI is InChI=1S/C22H23NO3/c1-14-7-8-19(22-18(24)11-15(2)21(14)22)26-13-20(25)23-10-9-16-5-3-4-6-17(16)12-23/h3-8,15H,9-13H2,1-2H3. The van der Waals surface area contributed by atoms with E-state index in [1.54, 1.807) is 0 Å². The van der Waals surface area contributed by atoms with Gasteiger partial charge < -0.3 is 9.64 Å². The van der Waals surface area contributed by atoms with Gasteiger partial charge in [-0.1, -0.05) is 37.3 Å². The largest absolute Gasteiger partial charge is 0.483 e. The van der Waals surface area contributed by atoms with E-state index in [4.69, 9.17) is 4.74 Å². The van der Waals surface area contributed by atoms with E-state index in [1.807, 2.05) is 36.1 Å². The number of ether oxygens (including phenoxy) is 1. The van der Waals surface area contributed by atoms with Gasteiger partial charge in [0.25, 0.3) is 5.91 Å². The summed E-state index contributed by atoms with van der Waals surface area (Å²) in [6.07, 6.45) is 1.39. The fourth-order valence-corrected chi connectivity index (χ4v) is 4.17. The van der Waals surface area contributed by atoms with Crippen LogP contribution in [-0.4, -0.2) is 29.7 Å². The minimum absolute atomic E-state index is 0.0284. The molecule has 0 saturated heterocycles. The highest BCUT2D eigenvalue weighted by atomic mass is 16.5. The van der Waals surface area contributed by atoms with E-state index in [0.29, 0.717) is 30.8 Å². The Kier molecular flexibility index (Phi) is 4.27. The van der Waals surface area contributed by atoms with Gasteiger partial charge in [0.15, 0.2) is 12.4 Å². The van der Waals surface area contributed by atoms with Crippen LogP contribution in [0, 0.1) is 6.92 Å². The Morgan fingerprint density at radius 3 is 2.77 bits per heavy atom. The van der Waals surface area contributed by atoms with Crippen molar-refractivity contribution in [3.63, 3.8) is 0 Å². The number of benzene rings is 2. The fourth-order valence-electron chi connectivity index (χ4n) is 4.17. The molecule has 0 N–H and O–H groups in total. The summed E-state index contributed by atoms with van der Waals surface area (Å²) in [4.78, 5) is 26.8. The normalized spacial score (nSPS) is 18.5. The van der Waals surface area contributed by atoms with E-state index in [2.05, 4.69) is 19.1 Å². The van der Waals surface area contributed by atoms with Crippen LogP contribution < -0.4 is 4.74 Å². The molecule has 2 aliphatic rings. The van der Waals surface area contributed by atoms with E-state index in [-0.39, 0.29) is 24.2 Å². The number of carbonyl (C=O) groups is 2. The minimum Gasteiger partial charge on any atom is -0.483 e. The van der Waals surface area contributed by atoms with Crippen LogP contribution in [0.3, 0.4) is 0 Å². The molecule has 26 heavy (non-hydrogen) atoms. The van der Waals surface area contributed by atoms with Crippen LogP contribution in [0.25, 0.3) is 0 Å². The summed E-state index contributed by atoms with van der Waals surface area (Å²) in [7, 11) is 0. The van der Waals surface area contributed by atoms with Crippen molar-refractivity contribution in [2.45, 2.75) is 39.2 Å². The van der Waals surface area contributed by atoms with Gasteiger partial charge in [-0.15, -0.1) is 0 Å². The zero-order valence-corrected chi connectivity index (χ0v) is 15.2. The number of fused-ring (bicyclic) bond motifs is 2. The first-order chi connectivity index (χ1) is 12.5. The number of rotatable bonds is 3. The molecule has 1 aliphatic heterocycles. The zero-order chi connectivity index (χ0) is 18.3. The number of ketones is 1. The van der Waals surface area contributed by atoms with Gasteiger partial charge in [-0.3, -0.25) is 9.59 Å². The monoisotopic (exact) mass is 349 g/mol. The summed E-state index contributed by atoms with van der Waals surface area (Å²) in [5.74, 6) is 0.846. The summed E-state index contributed by atoms with van der Waals surface area (Å²) in [5.41, 5.74) is 5.38. The van der Waals surface area contributed by atoms with Crippen molar-refractivity contribution in [2.75, 3.05) is 13.2 Å². The number of hydrogen-bond acceptors (Lipinski definition) is 3. The van der Waals surface area contributed by atoms with Gasteiger partial charge in [-0.2, -0.15) is 0 Å². The van der Waals surface area contributed by atoms with Crippen molar-refractivity contribution in [3.05, 3.63) is 64.2 Å². The average molecular weight is 349 g/mol. The molecule has 1 unspecified atom stereocenters. The van der Waals surface area contributed by atoms with E-state index in [9.17, 15) is 9.59 Å². The van der Waals surface area contributed by atoms with Gasteiger partial charge in [0.05, 0.1) is 5.56 Å². The summed E-state index contributed by atoms with van der Waals surface area (Å²) in [6, 6.07) is 12.0. The van der Waals surface area contributed by atoms with Crippen LogP contribution in [0.1, 0.15) is 51.9 Å². The van der Waals surface area contributed by atoms with Gasteiger partial charge in [-0.05, 0) is 47.6 Å². The predicted octanol–water partition coefficient (Wildman–Crippen LogP) is 3.65. The van der Waals surface area contributed by atoms with Crippen molar-refractivity contribution in [3.8, 4) is 5.75 Å². The fraction of sp³-hybridized carbons (Fsp3) is 0.364. The molecule has 0 radical (unpaired) electrons. The summed E-state index contributed by atoms with van der Waals surface area (Å²) in [6.45, 7) is 5.39. The lowest BCUT2D eigenvalue weighted by Gasteiger charge is -2.29. The maximum Gasteiger partial charge on any atom is 0.260 e. The van der Waals surface area contributed by atoms with Crippen LogP contribution in [0.4, 0.5) is 0 Å². The molecular weight excluding hydrogens is 326 g/mol. The first-order valence-corrected chi connectivity index (χ1v) is 9.18. The quantitative estimate of drug-likeness (QED) is 0.850. The molecule has 4 nitrogen and oxygen atoms in total. The maximum atomic E-state index is 12.6. The second kappa shape index (κ2) is 6.60. The van der Waals surface area contributed by atoms with Crippen molar-refractivity contribution < 1.29 is 14.3 Å². The number of Topliss-reactive ketones (excluding diaryl/α,β-unsaturated/α-hetero) is 1. The smallest absolute Gasteiger partial charge is 0.260 e. The third-order valence-electron chi connectivity index (χ3n) is 5.52. The molecule has 0 fully saturated rings. The lowest BCUT2D eigenvalue weighted by Crippen LogP contribution is -2.38. The van der Waals surface area contributed by atoms with Gasteiger partial charge >= 0.3 is 0 Å². The third-order valence-corrected chi connectivity index (χ3v) is 5.52. The Balaban J connectivity index is 1.47. The topological polar surface area (TPSA) is 46.6 Å². The molecule has 1 aliphatic carbocycles. The molecule has 134 valence electrons. The number of amides is 1. The van der Waals surface area contributed by atoms with Crippen molar-refractivity contribution in [1.82, 2.24) is 4.90 Å². The molecule has 1 heterocycles. The van der Waals surface area contributed by atoms with Crippen LogP contribution in [0.5, 0.6) is 5.75 Å². The van der Waals surface area contributed by atoms with Gasteiger partial charge in [0.2, 0.25) is 0 Å². The van der Waals surface area contributed by atoms with E-state index in [1.165, 1.54) is 11.1 Å². The van der Waals surface area contributed by atoms with Crippen LogP contribution in [0.15, 0.2) is 36.4 Å². The predicted molar refractivity (Wildman–Crippen MR) is 99.6 cm³/mol. The minimum atomic E-state index is -0.0349. The highest BCUT2D eigenvalue weighted by molar-refractivity contribution is 6.04. The van der Waals surface area contributed by atoms with Crippen molar-refractivity contribution in [2.24, 2.45) is 0 Å². The first kappa shape index (κ1) is 16.8. The molecule has 0 saturated carbocycles. The van der Waals surface area contributed by atoms with Gasteiger partial charge in [0, 0.05) is 19.5 Å². The lowest BCUT2D eigenvalue weighted by molar-refractivity contribution is -0.134. The summed E-state index contributed by atoms with van der Waals surface area (Å²) >= 11 is 0. The maximum absolute atomic E-state index is 12.6. The Labute approximate surface area is 153 Å². The SMILES string of the molecule is Cc1ccc(OCC(=O)N2CCc3ccccc3C2)c2c1C(C)CC2=O. The van der Waals surface area contributed by atoms with E-state index >= 15 is 0 Å². The van der Waals surface area contributed by atoms with Crippen LogP contribution >= 0.6 is 0 Å². The number of nitrogens with zero attached hydrogens (tertiary/aromatic N) is 1. The number of carbonyl (C=O) groups excluding carboxylic acids is 2. The molecule has 1 amide bonds. The Hall–Kier alpha value is -2.62. The van der Waals surface area contributed by atoms with E-state index in [0.717, 1.165) is 17.5 Å². The average Bonchev–Trinajstić information content (AvgIpc) is 2.96. The van der Waals surface area contributed by atoms with Crippen molar-refractivity contribution >= 4 is 11.7 Å². The number of aryl methyl sites for hydroxylation is 1. The number of hydrogen-bond donors (Lipinski definition) is 0. The molecular formula is C22H23NO3. The lowest BCUT2D eigenvalue weighted by atomic mass is 9.97. The molecule has 4 heteroatoms. The molecule has 0 aromatic heterocycles. The first-order valence-electron chi connectivity index (χ1n) is 9.18. The van der Waals surface area contributed by atoms with Crippen LogP contribution in [0.2, 0.25) is 0 Å². The molecule has 1 atom stereocenters. The molecule has 2 aromatic rings. The van der Waals surface area contributed by atoms with E-state index < -0.39 is 0 Å². The third kappa shape index (κ3) is 2.90. The molecule has 0 bridgehead atoms. The Bertz CT molecular complexity index is 887. The Morgan fingerprint density at radius 2 is 1.96 bits per heavy atom. The second-order valence-corrected chi connectivity index (χ2v) is 7.32. The highest BCUT2D eigenvalue weighted by Gasteiger charge is 2.31. The second-order valence-electron chi connectivity index (χ2n) is 7.32. The highest BCUT2D eigenvalue weighted by Crippen LogP contribution is 2.40. The van der Waals surface area contributed by atoms with Crippen molar-refractivity contribution in [1.29, 1.82) is 0 Å². The summed E-state index contributed by atoms with van der Waals surface area (Å²) in [5, 5.41) is 0. The van der Waals surface area contributed by atoms with Crippen LogP contribution in [-0.2, 0) is 17.8 Å².